The third kappa shape index (κ3) is 2.88. The van der Waals surface area contributed by atoms with E-state index in [1.54, 1.807) is 36.4 Å². The lowest BCUT2D eigenvalue weighted by molar-refractivity contribution is -0.384. The van der Waals surface area contributed by atoms with Crippen molar-refractivity contribution in [3.05, 3.63) is 116 Å². The highest BCUT2D eigenvalue weighted by Gasteiger charge is 2.44. The Morgan fingerprint density at radius 2 is 1.74 bits per heavy atom. The van der Waals surface area contributed by atoms with Gasteiger partial charge in [0.05, 0.1) is 21.9 Å². The fourth-order valence-electron chi connectivity index (χ4n) is 3.92. The number of carbonyl (C=O) groups excluding carboxylic acids is 1. The first-order valence-corrected chi connectivity index (χ1v) is 9.35. The van der Waals surface area contributed by atoms with Gasteiger partial charge >= 0.3 is 0 Å². The molecule has 0 spiro atoms. The third-order valence-corrected chi connectivity index (χ3v) is 5.26. The van der Waals surface area contributed by atoms with E-state index in [2.05, 4.69) is 0 Å². The quantitative estimate of drug-likeness (QED) is 0.360. The summed E-state index contributed by atoms with van der Waals surface area (Å²) < 4.78 is 19.6. The lowest BCUT2D eigenvalue weighted by atomic mass is 9.97. The average molecular weight is 416 g/mol. The maximum absolute atomic E-state index is 13.8. The van der Waals surface area contributed by atoms with Gasteiger partial charge < -0.3 is 4.42 Å². The monoisotopic (exact) mass is 416 g/mol. The first-order chi connectivity index (χ1) is 15.0. The first-order valence-electron chi connectivity index (χ1n) is 9.35. The Kier molecular flexibility index (Phi) is 4.14. The zero-order valence-corrected chi connectivity index (χ0v) is 15.8. The molecule has 0 radical (unpaired) electrons. The van der Waals surface area contributed by atoms with E-state index in [1.807, 2.05) is 0 Å². The molecule has 3 aromatic carbocycles. The molecule has 0 bridgehead atoms. The average Bonchev–Trinajstić information content (AvgIpc) is 3.07. The number of nitro benzene ring substituents is 1. The van der Waals surface area contributed by atoms with Crippen molar-refractivity contribution in [2.45, 2.75) is 6.04 Å². The predicted octanol–water partition coefficient (Wildman–Crippen LogP) is 4.59. The van der Waals surface area contributed by atoms with Crippen LogP contribution < -0.4 is 10.3 Å². The van der Waals surface area contributed by atoms with Crippen LogP contribution in [0.15, 0.2) is 82.0 Å². The van der Waals surface area contributed by atoms with Gasteiger partial charge in [0.25, 0.3) is 11.6 Å². The molecule has 0 aliphatic carbocycles. The molecule has 1 atom stereocenters. The van der Waals surface area contributed by atoms with Crippen LogP contribution in [0.3, 0.4) is 0 Å². The fourth-order valence-corrected chi connectivity index (χ4v) is 3.92. The first kappa shape index (κ1) is 18.7. The number of amides is 1. The molecule has 0 N–H and O–H groups in total. The van der Waals surface area contributed by atoms with E-state index in [0.717, 1.165) is 12.1 Å². The van der Waals surface area contributed by atoms with E-state index < -0.39 is 28.1 Å². The molecule has 1 aromatic heterocycles. The van der Waals surface area contributed by atoms with Crippen LogP contribution in [-0.4, -0.2) is 10.8 Å². The molecular formula is C23H13FN2O5. The molecule has 0 fully saturated rings. The molecule has 0 saturated carbocycles. The van der Waals surface area contributed by atoms with Crippen molar-refractivity contribution in [2.75, 3.05) is 4.90 Å². The van der Waals surface area contributed by atoms with Crippen LogP contribution >= 0.6 is 0 Å². The molecule has 7 nitrogen and oxygen atoms in total. The maximum atomic E-state index is 13.8. The summed E-state index contributed by atoms with van der Waals surface area (Å²) in [4.78, 5) is 38.8. The standard InChI is InChI=1S/C23H13FN2O5/c24-14-9-10-18-17(12-14)21(27)19-20(13-5-4-8-16(11-13)26(29)30)25(23(28)22(19)31-18)15-6-2-1-3-7-15/h1-12,20H. The zero-order valence-electron chi connectivity index (χ0n) is 15.8. The zero-order chi connectivity index (χ0) is 21.7. The number of rotatable bonds is 3. The highest BCUT2D eigenvalue weighted by atomic mass is 19.1. The number of carbonyl (C=O) groups is 1. The van der Waals surface area contributed by atoms with Gasteiger partial charge in [-0.15, -0.1) is 0 Å². The van der Waals surface area contributed by atoms with E-state index in [4.69, 9.17) is 4.42 Å². The lowest BCUT2D eigenvalue weighted by Crippen LogP contribution is -2.29. The molecule has 8 heteroatoms. The van der Waals surface area contributed by atoms with Crippen LogP contribution in [-0.2, 0) is 0 Å². The second kappa shape index (κ2) is 6.88. The minimum Gasteiger partial charge on any atom is -0.450 e. The highest BCUT2D eigenvalue weighted by molar-refractivity contribution is 6.10. The number of fused-ring (bicyclic) bond motifs is 2. The maximum Gasteiger partial charge on any atom is 0.295 e. The highest BCUT2D eigenvalue weighted by Crippen LogP contribution is 2.41. The minimum absolute atomic E-state index is 0.00288. The Balaban J connectivity index is 1.83. The van der Waals surface area contributed by atoms with Crippen LogP contribution in [0, 0.1) is 15.9 Å². The summed E-state index contributed by atoms with van der Waals surface area (Å²) in [5, 5.41) is 11.3. The smallest absolute Gasteiger partial charge is 0.295 e. The third-order valence-electron chi connectivity index (χ3n) is 5.26. The molecule has 2 heterocycles. The van der Waals surface area contributed by atoms with E-state index >= 15 is 0 Å². The van der Waals surface area contributed by atoms with Crippen LogP contribution in [0.1, 0.15) is 27.7 Å². The minimum atomic E-state index is -0.964. The molecule has 4 aromatic rings. The SMILES string of the molecule is O=C1c2oc3ccc(F)cc3c(=O)c2C(c2cccc([N+](=O)[O-])c2)N1c1ccccc1. The van der Waals surface area contributed by atoms with Crippen LogP contribution in [0.5, 0.6) is 0 Å². The predicted molar refractivity (Wildman–Crippen MR) is 111 cm³/mol. The second-order valence-corrected chi connectivity index (χ2v) is 7.08. The number of para-hydroxylation sites is 1. The van der Waals surface area contributed by atoms with Crippen molar-refractivity contribution in [1.82, 2.24) is 0 Å². The Bertz CT molecular complexity index is 1430. The van der Waals surface area contributed by atoms with Crippen molar-refractivity contribution in [3.8, 4) is 0 Å². The van der Waals surface area contributed by atoms with E-state index in [9.17, 15) is 24.1 Å². The Labute approximate surface area is 174 Å². The van der Waals surface area contributed by atoms with Gasteiger partial charge in [0.2, 0.25) is 5.76 Å². The number of hydrogen-bond acceptors (Lipinski definition) is 5. The van der Waals surface area contributed by atoms with Gasteiger partial charge in [-0.1, -0.05) is 30.3 Å². The number of hydrogen-bond donors (Lipinski definition) is 0. The largest absolute Gasteiger partial charge is 0.450 e. The van der Waals surface area contributed by atoms with Crippen LogP contribution in [0.2, 0.25) is 0 Å². The van der Waals surface area contributed by atoms with E-state index in [1.165, 1.54) is 29.2 Å². The molecule has 1 unspecified atom stereocenters. The van der Waals surface area contributed by atoms with Gasteiger partial charge in [-0.2, -0.15) is 0 Å². The molecule has 152 valence electrons. The summed E-state index contributed by atoms with van der Waals surface area (Å²) in [7, 11) is 0. The fraction of sp³-hybridized carbons (Fsp3) is 0.0435. The van der Waals surface area contributed by atoms with E-state index in [-0.39, 0.29) is 28.0 Å². The number of anilines is 1. The van der Waals surface area contributed by atoms with Crippen molar-refractivity contribution in [1.29, 1.82) is 0 Å². The molecule has 0 saturated heterocycles. The Morgan fingerprint density at radius 1 is 0.968 bits per heavy atom. The summed E-state index contributed by atoms with van der Waals surface area (Å²) in [5.74, 6) is -1.33. The second-order valence-electron chi connectivity index (χ2n) is 7.08. The van der Waals surface area contributed by atoms with E-state index in [0.29, 0.717) is 11.3 Å². The van der Waals surface area contributed by atoms with Gasteiger partial charge in [0.15, 0.2) is 5.43 Å². The molecule has 5 rings (SSSR count). The molecule has 31 heavy (non-hydrogen) atoms. The van der Waals surface area contributed by atoms with Crippen molar-refractivity contribution >= 4 is 28.3 Å². The Hall–Kier alpha value is -4.33. The topological polar surface area (TPSA) is 93.7 Å². The summed E-state index contributed by atoms with van der Waals surface area (Å²) in [6.45, 7) is 0. The van der Waals surface area contributed by atoms with Crippen molar-refractivity contribution in [2.24, 2.45) is 0 Å². The lowest BCUT2D eigenvalue weighted by Gasteiger charge is -2.25. The number of halogens is 1. The Morgan fingerprint density at radius 3 is 2.48 bits per heavy atom. The molecule has 1 aliphatic heterocycles. The summed E-state index contributed by atoms with van der Waals surface area (Å²) in [6, 6.07) is 16.9. The summed E-state index contributed by atoms with van der Waals surface area (Å²) in [6.07, 6.45) is 0. The van der Waals surface area contributed by atoms with Crippen molar-refractivity contribution < 1.29 is 18.5 Å². The summed E-state index contributed by atoms with van der Waals surface area (Å²) in [5.41, 5.74) is 0.235. The normalized spacial score (nSPS) is 15.3. The van der Waals surface area contributed by atoms with Gasteiger partial charge in [-0.05, 0) is 35.9 Å². The summed E-state index contributed by atoms with van der Waals surface area (Å²) >= 11 is 0. The van der Waals surface area contributed by atoms with Gasteiger partial charge in [-0.3, -0.25) is 24.6 Å². The van der Waals surface area contributed by atoms with Crippen LogP contribution in [0.4, 0.5) is 15.8 Å². The van der Waals surface area contributed by atoms with Gasteiger partial charge in [-0.25, -0.2) is 4.39 Å². The van der Waals surface area contributed by atoms with Crippen molar-refractivity contribution in [3.63, 3.8) is 0 Å². The number of nitrogens with zero attached hydrogens (tertiary/aromatic N) is 2. The number of non-ortho nitro benzene ring substituents is 1. The number of benzene rings is 3. The molecule has 1 aliphatic rings. The van der Waals surface area contributed by atoms with Crippen LogP contribution in [0.25, 0.3) is 11.0 Å². The number of nitro groups is 1. The van der Waals surface area contributed by atoms with Gasteiger partial charge in [0, 0.05) is 17.8 Å². The molecular weight excluding hydrogens is 403 g/mol. The van der Waals surface area contributed by atoms with Gasteiger partial charge in [0.1, 0.15) is 11.4 Å². The molecule has 1 amide bonds.